The van der Waals surface area contributed by atoms with E-state index in [4.69, 9.17) is 0 Å². The summed E-state index contributed by atoms with van der Waals surface area (Å²) in [5, 5.41) is 6.44. The van der Waals surface area contributed by atoms with Crippen LogP contribution in [-0.2, 0) is 6.42 Å². The van der Waals surface area contributed by atoms with Gasteiger partial charge in [0.1, 0.15) is 17.3 Å². The molecule has 3 rings (SSSR count). The number of nitrogens with one attached hydrogen (secondary N) is 2. The monoisotopic (exact) mass is 352 g/mol. The van der Waals surface area contributed by atoms with Crippen LogP contribution in [0.5, 0.6) is 0 Å². The number of hydrogen-bond acceptors (Lipinski definition) is 4. The first-order valence-electron chi connectivity index (χ1n) is 9.65. The third kappa shape index (κ3) is 5.55. The van der Waals surface area contributed by atoms with Crippen LogP contribution in [0.2, 0.25) is 0 Å². The predicted molar refractivity (Wildman–Crippen MR) is 104 cm³/mol. The molecule has 1 aromatic carbocycles. The fourth-order valence-electron chi connectivity index (χ4n) is 3.43. The summed E-state index contributed by atoms with van der Waals surface area (Å²) in [7, 11) is 0. The van der Waals surface area contributed by atoms with E-state index in [1.54, 1.807) is 6.07 Å². The molecule has 0 unspecified atom stereocenters. The number of amides is 1. The summed E-state index contributed by atoms with van der Waals surface area (Å²) >= 11 is 0. The fourth-order valence-corrected chi connectivity index (χ4v) is 3.43. The van der Waals surface area contributed by atoms with E-state index < -0.39 is 0 Å². The van der Waals surface area contributed by atoms with Gasteiger partial charge >= 0.3 is 0 Å². The first-order chi connectivity index (χ1) is 12.7. The van der Waals surface area contributed by atoms with Crippen molar-refractivity contribution in [2.75, 3.05) is 11.9 Å². The number of benzene rings is 1. The minimum atomic E-state index is -0.0882. The van der Waals surface area contributed by atoms with E-state index in [0.29, 0.717) is 11.5 Å². The van der Waals surface area contributed by atoms with Gasteiger partial charge in [0.05, 0.1) is 0 Å². The second-order valence-electron chi connectivity index (χ2n) is 7.01. The van der Waals surface area contributed by atoms with E-state index in [1.165, 1.54) is 24.8 Å². The van der Waals surface area contributed by atoms with Gasteiger partial charge in [-0.1, -0.05) is 49.6 Å². The van der Waals surface area contributed by atoms with Gasteiger partial charge in [0.25, 0.3) is 5.91 Å². The number of aryl methyl sites for hydroxylation is 2. The van der Waals surface area contributed by atoms with E-state index in [2.05, 4.69) is 44.9 Å². The highest BCUT2D eigenvalue weighted by Gasteiger charge is 2.18. The minimum absolute atomic E-state index is 0.0882. The molecular weight excluding hydrogens is 324 g/mol. The van der Waals surface area contributed by atoms with Crippen molar-refractivity contribution in [3.05, 3.63) is 53.5 Å². The van der Waals surface area contributed by atoms with Crippen LogP contribution in [0.3, 0.4) is 0 Å². The average Bonchev–Trinajstić information content (AvgIpc) is 2.66. The van der Waals surface area contributed by atoms with Crippen LogP contribution >= 0.6 is 0 Å². The maximum absolute atomic E-state index is 12.5. The Kier molecular flexibility index (Phi) is 6.58. The summed E-state index contributed by atoms with van der Waals surface area (Å²) in [5.41, 5.74) is 1.79. The molecule has 0 saturated heterocycles. The third-order valence-electron chi connectivity index (χ3n) is 4.80. The Morgan fingerprint density at radius 2 is 1.88 bits per heavy atom. The van der Waals surface area contributed by atoms with Crippen molar-refractivity contribution in [1.82, 2.24) is 15.3 Å². The van der Waals surface area contributed by atoms with Crippen molar-refractivity contribution < 1.29 is 4.79 Å². The molecule has 0 aliphatic heterocycles. The van der Waals surface area contributed by atoms with Gasteiger partial charge in [-0.05, 0) is 38.2 Å². The molecule has 5 heteroatoms. The molecule has 1 saturated carbocycles. The van der Waals surface area contributed by atoms with Crippen molar-refractivity contribution in [3.63, 3.8) is 0 Å². The Bertz CT molecular complexity index is 711. The number of anilines is 1. The third-order valence-corrected chi connectivity index (χ3v) is 4.80. The predicted octanol–water partition coefficient (Wildman–Crippen LogP) is 3.89. The van der Waals surface area contributed by atoms with Crippen LogP contribution in [0.4, 0.5) is 5.82 Å². The number of rotatable bonds is 7. The van der Waals surface area contributed by atoms with Crippen molar-refractivity contribution in [2.45, 2.75) is 57.9 Å². The number of hydrogen-bond donors (Lipinski definition) is 2. The lowest BCUT2D eigenvalue weighted by molar-refractivity contribution is 0.0922. The van der Waals surface area contributed by atoms with E-state index in [0.717, 1.165) is 38.0 Å². The Hall–Kier alpha value is -2.43. The Morgan fingerprint density at radius 3 is 2.65 bits per heavy atom. The van der Waals surface area contributed by atoms with Gasteiger partial charge in [-0.15, -0.1) is 0 Å². The van der Waals surface area contributed by atoms with Crippen molar-refractivity contribution in [1.29, 1.82) is 0 Å². The van der Waals surface area contributed by atoms with E-state index in [-0.39, 0.29) is 11.9 Å². The van der Waals surface area contributed by atoms with Gasteiger partial charge < -0.3 is 10.6 Å². The summed E-state index contributed by atoms with van der Waals surface area (Å²) in [5.74, 6) is 1.25. The molecule has 0 bridgehead atoms. The lowest BCUT2D eigenvalue weighted by Crippen LogP contribution is -2.36. The van der Waals surface area contributed by atoms with Gasteiger partial charge in [-0.2, -0.15) is 0 Å². The van der Waals surface area contributed by atoms with Gasteiger partial charge in [0.2, 0.25) is 0 Å². The molecule has 0 radical (unpaired) electrons. The lowest BCUT2D eigenvalue weighted by atomic mass is 9.95. The summed E-state index contributed by atoms with van der Waals surface area (Å²) in [6.07, 6.45) is 7.84. The Balaban J connectivity index is 1.52. The van der Waals surface area contributed by atoms with Crippen LogP contribution in [-0.4, -0.2) is 28.5 Å². The molecule has 1 aromatic heterocycles. The van der Waals surface area contributed by atoms with E-state index >= 15 is 0 Å². The maximum Gasteiger partial charge on any atom is 0.270 e. The Morgan fingerprint density at radius 1 is 1.12 bits per heavy atom. The number of carbonyl (C=O) groups excluding carboxylic acids is 1. The summed E-state index contributed by atoms with van der Waals surface area (Å²) in [6.45, 7) is 2.64. The molecule has 0 atom stereocenters. The standard InChI is InChI=1S/C21H28N4O/c1-16-23-19(21(26)25-18-12-6-3-7-13-18)15-20(24-16)22-14-8-11-17-9-4-2-5-10-17/h2,4-5,9-10,15,18H,3,6-8,11-14H2,1H3,(H,25,26)(H,22,23,24). The summed E-state index contributed by atoms with van der Waals surface area (Å²) < 4.78 is 0. The molecule has 26 heavy (non-hydrogen) atoms. The first-order valence-corrected chi connectivity index (χ1v) is 9.65. The smallest absolute Gasteiger partial charge is 0.270 e. The number of carbonyl (C=O) groups is 1. The fraction of sp³-hybridized carbons (Fsp3) is 0.476. The van der Waals surface area contributed by atoms with E-state index in [9.17, 15) is 4.79 Å². The van der Waals surface area contributed by atoms with Crippen molar-refractivity contribution in [3.8, 4) is 0 Å². The second kappa shape index (κ2) is 9.32. The van der Waals surface area contributed by atoms with Crippen LogP contribution in [0.15, 0.2) is 36.4 Å². The molecule has 2 aromatic rings. The molecule has 1 amide bonds. The van der Waals surface area contributed by atoms with Crippen LogP contribution in [0.1, 0.15) is 60.4 Å². The van der Waals surface area contributed by atoms with Gasteiger partial charge in [-0.25, -0.2) is 9.97 Å². The average molecular weight is 352 g/mol. The normalized spacial score (nSPS) is 14.8. The zero-order valence-electron chi connectivity index (χ0n) is 15.5. The number of aromatic nitrogens is 2. The van der Waals surface area contributed by atoms with Crippen molar-refractivity contribution in [2.24, 2.45) is 0 Å². The Labute approximate surface area is 155 Å². The minimum Gasteiger partial charge on any atom is -0.370 e. The highest BCUT2D eigenvalue weighted by molar-refractivity contribution is 5.93. The highest BCUT2D eigenvalue weighted by atomic mass is 16.1. The zero-order chi connectivity index (χ0) is 18.2. The van der Waals surface area contributed by atoms with Crippen LogP contribution in [0, 0.1) is 6.92 Å². The molecule has 5 nitrogen and oxygen atoms in total. The number of nitrogens with zero attached hydrogens (tertiary/aromatic N) is 2. The SMILES string of the molecule is Cc1nc(NCCCc2ccccc2)cc(C(=O)NC2CCCCC2)n1. The molecule has 1 aliphatic carbocycles. The topological polar surface area (TPSA) is 66.9 Å². The van der Waals surface area contributed by atoms with Crippen LogP contribution in [0.25, 0.3) is 0 Å². The lowest BCUT2D eigenvalue weighted by Gasteiger charge is -2.22. The van der Waals surface area contributed by atoms with Crippen molar-refractivity contribution >= 4 is 11.7 Å². The first kappa shape index (κ1) is 18.4. The molecule has 1 fully saturated rings. The molecule has 1 aliphatic rings. The molecule has 1 heterocycles. The second-order valence-corrected chi connectivity index (χ2v) is 7.01. The molecule has 2 N–H and O–H groups in total. The summed E-state index contributed by atoms with van der Waals surface area (Å²) in [4.78, 5) is 21.2. The zero-order valence-corrected chi connectivity index (χ0v) is 15.5. The molecular formula is C21H28N4O. The molecule has 0 spiro atoms. The van der Waals surface area contributed by atoms with Gasteiger partial charge in [0.15, 0.2) is 0 Å². The van der Waals surface area contributed by atoms with E-state index in [1.807, 2.05) is 13.0 Å². The maximum atomic E-state index is 12.5. The van der Waals surface area contributed by atoms with Crippen LogP contribution < -0.4 is 10.6 Å². The molecule has 138 valence electrons. The van der Waals surface area contributed by atoms with Gasteiger partial charge in [-0.3, -0.25) is 4.79 Å². The largest absolute Gasteiger partial charge is 0.370 e. The highest BCUT2D eigenvalue weighted by Crippen LogP contribution is 2.18. The quantitative estimate of drug-likeness (QED) is 0.742. The van der Waals surface area contributed by atoms with Gasteiger partial charge in [0, 0.05) is 18.7 Å². The summed E-state index contributed by atoms with van der Waals surface area (Å²) in [6, 6.07) is 12.5.